The number of aromatic nitrogens is 2. The number of aromatic amines is 1. The van der Waals surface area contributed by atoms with Gasteiger partial charge in [-0.15, -0.1) is 0 Å². The summed E-state index contributed by atoms with van der Waals surface area (Å²) in [6.45, 7) is 0. The Bertz CT molecular complexity index is 841. The van der Waals surface area contributed by atoms with E-state index in [2.05, 4.69) is 4.98 Å². The Kier molecular flexibility index (Phi) is 3.33. The van der Waals surface area contributed by atoms with Gasteiger partial charge in [0.05, 0.1) is 10.7 Å². The van der Waals surface area contributed by atoms with Crippen LogP contribution in [0.3, 0.4) is 0 Å². The highest BCUT2D eigenvalue weighted by molar-refractivity contribution is 6.32. The number of nitrogens with one attached hydrogen (secondary N) is 1. The monoisotopic (exact) mass is 310 g/mol. The van der Waals surface area contributed by atoms with Gasteiger partial charge in [0.15, 0.2) is 0 Å². The van der Waals surface area contributed by atoms with Crippen LogP contribution in [0, 0.1) is 5.82 Å². The molecule has 1 aliphatic carbocycles. The van der Waals surface area contributed by atoms with Gasteiger partial charge in [-0.2, -0.15) is 0 Å². The molecule has 2 aromatic rings. The van der Waals surface area contributed by atoms with E-state index in [1.54, 1.807) is 0 Å². The molecule has 2 N–H and O–H groups in total. The summed E-state index contributed by atoms with van der Waals surface area (Å²) < 4.78 is 14.7. The second-order valence-corrected chi connectivity index (χ2v) is 5.40. The predicted molar refractivity (Wildman–Crippen MR) is 75.9 cm³/mol. The van der Waals surface area contributed by atoms with E-state index in [1.807, 2.05) is 0 Å². The van der Waals surface area contributed by atoms with Crippen molar-refractivity contribution in [3.8, 4) is 11.4 Å². The lowest BCUT2D eigenvalue weighted by Crippen LogP contribution is -2.38. The summed E-state index contributed by atoms with van der Waals surface area (Å²) in [5.74, 6) is -1.24. The average molecular weight is 311 g/mol. The number of phenolic OH excluding ortho intramolecular Hbond substituents is 1. The lowest BCUT2D eigenvalue weighted by Gasteiger charge is -2.16. The number of H-pyrrole nitrogens is 1. The zero-order valence-corrected chi connectivity index (χ0v) is 11.7. The number of aromatic hydroxyl groups is 1. The van der Waals surface area contributed by atoms with Crippen LogP contribution in [0.5, 0.6) is 5.75 Å². The molecule has 0 fully saturated rings. The number of benzene rings is 1. The highest BCUT2D eigenvalue weighted by Crippen LogP contribution is 2.27. The SMILES string of the molecule is O=c1[nH]c2c(c(=O)n1-c1cc(O)c(Cl)cc1F)CCCC2. The second-order valence-electron chi connectivity index (χ2n) is 4.99. The van der Waals surface area contributed by atoms with Gasteiger partial charge in [-0.05, 0) is 31.7 Å². The summed E-state index contributed by atoms with van der Waals surface area (Å²) >= 11 is 5.61. The number of hydrogen-bond donors (Lipinski definition) is 2. The van der Waals surface area contributed by atoms with E-state index in [1.165, 1.54) is 0 Å². The van der Waals surface area contributed by atoms with Crippen molar-refractivity contribution in [2.24, 2.45) is 0 Å². The molecule has 21 heavy (non-hydrogen) atoms. The number of nitrogens with zero attached hydrogens (tertiary/aromatic N) is 1. The smallest absolute Gasteiger partial charge is 0.333 e. The first-order valence-electron chi connectivity index (χ1n) is 6.54. The van der Waals surface area contributed by atoms with Crippen LogP contribution in [-0.2, 0) is 12.8 Å². The number of hydrogen-bond acceptors (Lipinski definition) is 3. The lowest BCUT2D eigenvalue weighted by atomic mass is 9.97. The van der Waals surface area contributed by atoms with Crippen molar-refractivity contribution < 1.29 is 9.50 Å². The summed E-state index contributed by atoms with van der Waals surface area (Å²) in [6.07, 6.45) is 2.94. The van der Waals surface area contributed by atoms with Gasteiger partial charge in [0.1, 0.15) is 11.6 Å². The molecule has 3 rings (SSSR count). The van der Waals surface area contributed by atoms with E-state index in [9.17, 15) is 19.1 Å². The first kappa shape index (κ1) is 13.9. The first-order valence-corrected chi connectivity index (χ1v) is 6.92. The number of phenols is 1. The van der Waals surface area contributed by atoms with Gasteiger partial charge in [0, 0.05) is 17.3 Å². The van der Waals surface area contributed by atoms with Crippen LogP contribution >= 0.6 is 11.6 Å². The van der Waals surface area contributed by atoms with Crippen LogP contribution in [0.25, 0.3) is 5.69 Å². The van der Waals surface area contributed by atoms with Gasteiger partial charge < -0.3 is 10.1 Å². The molecular formula is C14H12ClFN2O3. The Morgan fingerprint density at radius 1 is 1.24 bits per heavy atom. The maximum absolute atomic E-state index is 14.0. The zero-order chi connectivity index (χ0) is 15.1. The third-order valence-electron chi connectivity index (χ3n) is 3.65. The van der Waals surface area contributed by atoms with Crippen LogP contribution in [0.2, 0.25) is 5.02 Å². The third-order valence-corrected chi connectivity index (χ3v) is 3.95. The van der Waals surface area contributed by atoms with E-state index < -0.39 is 22.8 Å². The van der Waals surface area contributed by atoms with Crippen molar-refractivity contribution >= 4 is 11.6 Å². The summed E-state index contributed by atoms with van der Waals surface area (Å²) in [5.41, 5.74) is -0.465. The zero-order valence-electron chi connectivity index (χ0n) is 10.9. The van der Waals surface area contributed by atoms with E-state index >= 15 is 0 Å². The molecule has 0 bridgehead atoms. The van der Waals surface area contributed by atoms with Gasteiger partial charge in [0.2, 0.25) is 0 Å². The van der Waals surface area contributed by atoms with Crippen LogP contribution in [0.4, 0.5) is 4.39 Å². The molecular weight excluding hydrogens is 299 g/mol. The highest BCUT2D eigenvalue weighted by atomic mass is 35.5. The molecule has 110 valence electrons. The Balaban J connectivity index is 2.31. The summed E-state index contributed by atoms with van der Waals surface area (Å²) in [5, 5.41) is 9.40. The quantitative estimate of drug-likeness (QED) is 0.845. The number of fused-ring (bicyclic) bond motifs is 1. The number of rotatable bonds is 1. The van der Waals surface area contributed by atoms with Gasteiger partial charge in [-0.25, -0.2) is 13.8 Å². The maximum atomic E-state index is 14.0. The summed E-state index contributed by atoms with van der Waals surface area (Å²) in [7, 11) is 0. The first-order chi connectivity index (χ1) is 9.99. The fourth-order valence-electron chi connectivity index (χ4n) is 2.61. The fraction of sp³-hybridized carbons (Fsp3) is 0.286. The molecule has 0 unspecified atom stereocenters. The van der Waals surface area contributed by atoms with Crippen LogP contribution in [-0.4, -0.2) is 14.7 Å². The summed E-state index contributed by atoms with van der Waals surface area (Å²) in [4.78, 5) is 27.2. The van der Waals surface area contributed by atoms with Crippen molar-refractivity contribution in [1.29, 1.82) is 0 Å². The van der Waals surface area contributed by atoms with Gasteiger partial charge in [0.25, 0.3) is 5.56 Å². The molecule has 0 saturated heterocycles. The van der Waals surface area contributed by atoms with Crippen molar-refractivity contribution in [1.82, 2.24) is 9.55 Å². The van der Waals surface area contributed by atoms with Crippen molar-refractivity contribution in [3.63, 3.8) is 0 Å². The van der Waals surface area contributed by atoms with E-state index in [-0.39, 0.29) is 10.7 Å². The standard InChI is InChI=1S/C14H12ClFN2O3/c15-8-5-9(16)11(6-12(8)19)18-13(20)7-3-1-2-4-10(7)17-14(18)21/h5-6,19H,1-4H2,(H,17,21). The molecule has 1 heterocycles. The minimum absolute atomic E-state index is 0.182. The van der Waals surface area contributed by atoms with Crippen molar-refractivity contribution in [3.05, 3.63) is 55.1 Å². The minimum atomic E-state index is -0.846. The fourth-order valence-corrected chi connectivity index (χ4v) is 2.76. The van der Waals surface area contributed by atoms with Gasteiger partial charge in [-0.1, -0.05) is 11.6 Å². The molecule has 0 aliphatic heterocycles. The van der Waals surface area contributed by atoms with Crippen molar-refractivity contribution in [2.45, 2.75) is 25.7 Å². The Hall–Kier alpha value is -2.08. The predicted octanol–water partition coefficient (Wildman–Crippen LogP) is 1.90. The average Bonchev–Trinajstić information content (AvgIpc) is 2.44. The highest BCUT2D eigenvalue weighted by Gasteiger charge is 2.20. The normalized spacial score (nSPS) is 14.0. The van der Waals surface area contributed by atoms with Crippen molar-refractivity contribution in [2.75, 3.05) is 0 Å². The van der Waals surface area contributed by atoms with Gasteiger partial charge >= 0.3 is 5.69 Å². The summed E-state index contributed by atoms with van der Waals surface area (Å²) in [6, 6.07) is 1.85. The number of halogens is 2. The molecule has 0 spiro atoms. The maximum Gasteiger partial charge on any atom is 0.333 e. The molecule has 0 amide bonds. The molecule has 0 radical (unpaired) electrons. The molecule has 7 heteroatoms. The van der Waals surface area contributed by atoms with Crippen LogP contribution < -0.4 is 11.2 Å². The lowest BCUT2D eigenvalue weighted by molar-refractivity contribution is 0.472. The minimum Gasteiger partial charge on any atom is -0.506 e. The van der Waals surface area contributed by atoms with Crippen LogP contribution in [0.1, 0.15) is 24.1 Å². The molecule has 0 saturated carbocycles. The topological polar surface area (TPSA) is 75.1 Å². The molecule has 0 atom stereocenters. The molecule has 1 aliphatic rings. The largest absolute Gasteiger partial charge is 0.506 e. The second kappa shape index (κ2) is 5.04. The molecule has 1 aromatic heterocycles. The van der Waals surface area contributed by atoms with E-state index in [0.29, 0.717) is 28.7 Å². The number of aryl methyl sites for hydroxylation is 1. The Labute approximate surface area is 123 Å². The third kappa shape index (κ3) is 2.25. The molecule has 5 nitrogen and oxygen atoms in total. The van der Waals surface area contributed by atoms with Crippen LogP contribution in [0.15, 0.2) is 21.7 Å². The Morgan fingerprint density at radius 3 is 2.71 bits per heavy atom. The molecule has 1 aromatic carbocycles. The van der Waals surface area contributed by atoms with E-state index in [0.717, 1.165) is 25.0 Å². The van der Waals surface area contributed by atoms with Gasteiger partial charge in [-0.3, -0.25) is 4.79 Å². The Morgan fingerprint density at radius 2 is 1.95 bits per heavy atom. The van der Waals surface area contributed by atoms with E-state index in [4.69, 9.17) is 11.6 Å².